The molecule has 1 saturated heterocycles. The van der Waals surface area contributed by atoms with E-state index in [0.29, 0.717) is 22.4 Å². The normalized spacial score (nSPS) is 13.5. The lowest BCUT2D eigenvalue weighted by Gasteiger charge is -2.18. The van der Waals surface area contributed by atoms with Crippen LogP contribution in [0.4, 0.5) is 13.2 Å². The number of carboxylic acids is 2. The van der Waals surface area contributed by atoms with Crippen molar-refractivity contribution >= 4 is 29.6 Å². The third kappa shape index (κ3) is 9.98. The summed E-state index contributed by atoms with van der Waals surface area (Å²) in [5.41, 5.74) is 6.78. The van der Waals surface area contributed by atoms with Gasteiger partial charge in [0.25, 0.3) is 11.8 Å². The Morgan fingerprint density at radius 1 is 1.00 bits per heavy atom. The first-order valence-corrected chi connectivity index (χ1v) is 11.6. The van der Waals surface area contributed by atoms with Gasteiger partial charge in [-0.05, 0) is 49.2 Å². The number of halogens is 3. The van der Waals surface area contributed by atoms with Crippen LogP contribution in [-0.4, -0.2) is 76.6 Å². The Labute approximate surface area is 220 Å². The average Bonchev–Trinajstić information content (AvgIpc) is 3.41. The number of hydrogen-bond donors (Lipinski definition) is 5. The van der Waals surface area contributed by atoms with E-state index in [9.17, 15) is 32.7 Å². The fraction of sp³-hybridized carbons (Fsp3) is 0.320. The molecule has 1 aliphatic rings. The molecule has 2 aromatic rings. The molecule has 1 atom stereocenters. The monoisotopic (exact) mass is 552 g/mol. The van der Waals surface area contributed by atoms with E-state index in [1.165, 1.54) is 0 Å². The van der Waals surface area contributed by atoms with E-state index in [0.717, 1.165) is 25.9 Å². The predicted molar refractivity (Wildman–Crippen MR) is 132 cm³/mol. The highest BCUT2D eigenvalue weighted by Crippen LogP contribution is 2.16. The summed E-state index contributed by atoms with van der Waals surface area (Å²) in [5, 5.41) is 26.5. The number of amides is 2. The molecule has 11 nitrogen and oxygen atoms in total. The SMILES string of the molecule is N=C(N)c1cccc(OC[C@@H](CC(=O)O)NC(=O)c2ccc(C(=O)N3CCCC3)cc2)c1.O=C(O)C(F)(F)F. The highest BCUT2D eigenvalue weighted by molar-refractivity contribution is 5.98. The number of ether oxygens (including phenoxy) is 1. The summed E-state index contributed by atoms with van der Waals surface area (Å²) in [5.74, 6) is -4.06. The van der Waals surface area contributed by atoms with E-state index in [1.54, 1.807) is 53.4 Å². The first-order valence-electron chi connectivity index (χ1n) is 11.6. The van der Waals surface area contributed by atoms with Gasteiger partial charge in [0, 0.05) is 29.8 Å². The number of rotatable bonds is 9. The largest absolute Gasteiger partial charge is 0.491 e. The van der Waals surface area contributed by atoms with E-state index >= 15 is 0 Å². The third-order valence-corrected chi connectivity index (χ3v) is 5.38. The Kier molecular flexibility index (Phi) is 10.8. The lowest BCUT2D eigenvalue weighted by atomic mass is 10.1. The molecule has 6 N–H and O–H groups in total. The lowest BCUT2D eigenvalue weighted by Crippen LogP contribution is -2.40. The van der Waals surface area contributed by atoms with Crippen LogP contribution >= 0.6 is 0 Å². The summed E-state index contributed by atoms with van der Waals surface area (Å²) < 4.78 is 37.4. The number of nitrogens with two attached hydrogens (primary N) is 1. The zero-order valence-corrected chi connectivity index (χ0v) is 20.5. The van der Waals surface area contributed by atoms with Crippen molar-refractivity contribution in [2.24, 2.45) is 5.73 Å². The minimum Gasteiger partial charge on any atom is -0.491 e. The van der Waals surface area contributed by atoms with E-state index in [4.69, 9.17) is 25.8 Å². The van der Waals surface area contributed by atoms with Gasteiger partial charge in [-0.3, -0.25) is 19.8 Å². The van der Waals surface area contributed by atoms with Gasteiger partial charge in [0.1, 0.15) is 18.2 Å². The van der Waals surface area contributed by atoms with Crippen LogP contribution in [0.25, 0.3) is 0 Å². The number of carbonyl (C=O) groups is 4. The summed E-state index contributed by atoms with van der Waals surface area (Å²) in [4.78, 5) is 47.0. The van der Waals surface area contributed by atoms with Crippen molar-refractivity contribution < 1.29 is 47.3 Å². The van der Waals surface area contributed by atoms with Crippen LogP contribution in [0.3, 0.4) is 0 Å². The molecule has 1 heterocycles. The maximum atomic E-state index is 12.6. The molecule has 0 saturated carbocycles. The molecular formula is C25H27F3N4O7. The Morgan fingerprint density at radius 2 is 1.56 bits per heavy atom. The van der Waals surface area contributed by atoms with E-state index in [1.807, 2.05) is 0 Å². The first-order chi connectivity index (χ1) is 18.3. The predicted octanol–water partition coefficient (Wildman–Crippen LogP) is 2.49. The van der Waals surface area contributed by atoms with Crippen molar-refractivity contribution in [3.8, 4) is 5.75 Å². The van der Waals surface area contributed by atoms with Crippen LogP contribution < -0.4 is 15.8 Å². The quantitative estimate of drug-likeness (QED) is 0.232. The number of nitrogen functional groups attached to an aromatic ring is 1. The van der Waals surface area contributed by atoms with Crippen molar-refractivity contribution in [1.82, 2.24) is 10.2 Å². The molecule has 210 valence electrons. The van der Waals surface area contributed by atoms with Crippen LogP contribution in [0.5, 0.6) is 5.75 Å². The van der Waals surface area contributed by atoms with Crippen LogP contribution in [0.1, 0.15) is 45.5 Å². The highest BCUT2D eigenvalue weighted by Gasteiger charge is 2.38. The van der Waals surface area contributed by atoms with Gasteiger partial charge in [-0.2, -0.15) is 13.2 Å². The van der Waals surface area contributed by atoms with Crippen LogP contribution in [-0.2, 0) is 9.59 Å². The van der Waals surface area contributed by atoms with Crippen molar-refractivity contribution in [3.05, 3.63) is 65.2 Å². The van der Waals surface area contributed by atoms with Crippen molar-refractivity contribution in [2.75, 3.05) is 19.7 Å². The molecule has 0 radical (unpaired) electrons. The molecule has 1 aliphatic heterocycles. The van der Waals surface area contributed by atoms with Gasteiger partial charge >= 0.3 is 18.1 Å². The summed E-state index contributed by atoms with van der Waals surface area (Å²) in [7, 11) is 0. The van der Waals surface area contributed by atoms with Crippen LogP contribution in [0, 0.1) is 5.41 Å². The van der Waals surface area contributed by atoms with Crippen LogP contribution in [0.2, 0.25) is 0 Å². The third-order valence-electron chi connectivity index (χ3n) is 5.38. The molecular weight excluding hydrogens is 525 g/mol. The Bertz CT molecular complexity index is 1200. The smallest absolute Gasteiger partial charge is 0.490 e. The molecule has 3 rings (SSSR count). The Morgan fingerprint density at radius 3 is 2.08 bits per heavy atom. The standard InChI is InChI=1S/C23H26N4O5.C2HF3O2/c24-21(25)17-4-3-5-19(12-17)32-14-18(13-20(28)29)26-22(30)15-6-8-16(9-7-15)23(31)27-10-1-2-11-27;3-2(4,5)1(6)7/h3-9,12,18H,1-2,10-11,13-14H2,(H3,24,25)(H,26,30)(H,28,29);(H,6,7)/t18-;/m1./s1. The number of carbonyl (C=O) groups excluding carboxylic acids is 2. The van der Waals surface area contributed by atoms with Gasteiger partial charge in [-0.15, -0.1) is 0 Å². The summed E-state index contributed by atoms with van der Waals surface area (Å²) in [6, 6.07) is 12.1. The average molecular weight is 553 g/mol. The molecule has 2 amide bonds. The number of nitrogens with zero attached hydrogens (tertiary/aromatic N) is 1. The lowest BCUT2D eigenvalue weighted by molar-refractivity contribution is -0.192. The zero-order valence-electron chi connectivity index (χ0n) is 20.5. The van der Waals surface area contributed by atoms with Crippen molar-refractivity contribution in [3.63, 3.8) is 0 Å². The van der Waals surface area contributed by atoms with E-state index in [-0.39, 0.29) is 24.8 Å². The molecule has 2 aromatic carbocycles. The number of likely N-dealkylation sites (tertiary alicyclic amines) is 1. The number of carboxylic acid groups (broad SMARTS) is 2. The second-order valence-corrected chi connectivity index (χ2v) is 8.40. The molecule has 0 aromatic heterocycles. The molecule has 14 heteroatoms. The number of nitrogens with one attached hydrogen (secondary N) is 2. The first kappa shape index (κ1) is 30.6. The van der Waals surface area contributed by atoms with Gasteiger partial charge in [-0.1, -0.05) is 12.1 Å². The van der Waals surface area contributed by atoms with Gasteiger partial charge in [-0.25, -0.2) is 4.79 Å². The van der Waals surface area contributed by atoms with Crippen LogP contribution in [0.15, 0.2) is 48.5 Å². The fourth-order valence-corrected chi connectivity index (χ4v) is 3.45. The summed E-state index contributed by atoms with van der Waals surface area (Å²) >= 11 is 0. The van der Waals surface area contributed by atoms with Gasteiger partial charge in [0.2, 0.25) is 0 Å². The minimum absolute atomic E-state index is 0.0561. The number of alkyl halides is 3. The van der Waals surface area contributed by atoms with E-state index in [2.05, 4.69) is 5.32 Å². The van der Waals surface area contributed by atoms with E-state index < -0.39 is 30.1 Å². The minimum atomic E-state index is -5.08. The summed E-state index contributed by atoms with van der Waals surface area (Å²) in [6.07, 6.45) is -3.42. The Hall–Kier alpha value is -4.62. The van der Waals surface area contributed by atoms with Gasteiger partial charge in [0.05, 0.1) is 12.5 Å². The molecule has 0 spiro atoms. The second kappa shape index (κ2) is 13.8. The molecule has 0 bridgehead atoms. The molecule has 0 aliphatic carbocycles. The Balaban J connectivity index is 0.000000673. The zero-order chi connectivity index (χ0) is 29.2. The number of aliphatic carboxylic acids is 2. The maximum absolute atomic E-state index is 12.6. The highest BCUT2D eigenvalue weighted by atomic mass is 19.4. The van der Waals surface area contributed by atoms with Crippen molar-refractivity contribution in [2.45, 2.75) is 31.5 Å². The summed E-state index contributed by atoms with van der Waals surface area (Å²) in [6.45, 7) is 1.41. The molecule has 39 heavy (non-hydrogen) atoms. The molecule has 0 unspecified atom stereocenters. The topological polar surface area (TPSA) is 183 Å². The van der Waals surface area contributed by atoms with Gasteiger partial charge in [0.15, 0.2) is 0 Å². The maximum Gasteiger partial charge on any atom is 0.490 e. The molecule has 1 fully saturated rings. The van der Waals surface area contributed by atoms with Crippen molar-refractivity contribution in [1.29, 1.82) is 5.41 Å². The second-order valence-electron chi connectivity index (χ2n) is 8.40. The number of amidine groups is 1. The number of benzene rings is 2. The fourth-order valence-electron chi connectivity index (χ4n) is 3.45. The number of hydrogen-bond acceptors (Lipinski definition) is 6. The van der Waals surface area contributed by atoms with Gasteiger partial charge < -0.3 is 30.9 Å².